The molecule has 0 heterocycles. The van der Waals surface area contributed by atoms with E-state index in [-0.39, 0.29) is 24.3 Å². The second-order valence-electron chi connectivity index (χ2n) is 12.7. The Labute approximate surface area is 233 Å². The van der Waals surface area contributed by atoms with Gasteiger partial charge in [0, 0.05) is 18.0 Å². The predicted molar refractivity (Wildman–Crippen MR) is 154 cm³/mol. The van der Waals surface area contributed by atoms with Crippen LogP contribution < -0.4 is 10.6 Å². The van der Waals surface area contributed by atoms with Crippen molar-refractivity contribution in [3.63, 3.8) is 0 Å². The molecule has 2 unspecified atom stereocenters. The Morgan fingerprint density at radius 3 is 2.15 bits per heavy atom. The minimum Gasteiger partial charge on any atom is -0.444 e. The van der Waals surface area contributed by atoms with E-state index in [1.807, 2.05) is 83.1 Å². The summed E-state index contributed by atoms with van der Waals surface area (Å²) in [6, 6.07) is 13.7. The monoisotopic (exact) mass is 535 g/mol. The molecule has 0 bridgehead atoms. The molecule has 1 aliphatic carbocycles. The fraction of sp³-hybridized carbons (Fsp3) is 0.531. The van der Waals surface area contributed by atoms with E-state index in [0.29, 0.717) is 0 Å². The van der Waals surface area contributed by atoms with Crippen molar-refractivity contribution >= 4 is 17.9 Å². The van der Waals surface area contributed by atoms with E-state index in [4.69, 9.17) is 4.74 Å². The molecule has 7 heteroatoms. The van der Waals surface area contributed by atoms with E-state index in [9.17, 15) is 14.4 Å². The van der Waals surface area contributed by atoms with E-state index < -0.39 is 29.3 Å². The molecule has 0 radical (unpaired) electrons. The first kappa shape index (κ1) is 30.2. The molecule has 0 aromatic heterocycles. The minimum atomic E-state index is -0.905. The van der Waals surface area contributed by atoms with E-state index in [2.05, 4.69) is 10.6 Å². The van der Waals surface area contributed by atoms with Crippen molar-refractivity contribution < 1.29 is 19.1 Å². The van der Waals surface area contributed by atoms with Gasteiger partial charge in [-0.1, -0.05) is 54.1 Å². The third kappa shape index (κ3) is 8.57. The molecular weight excluding hydrogens is 490 g/mol. The van der Waals surface area contributed by atoms with Crippen LogP contribution in [0.2, 0.25) is 0 Å². The number of rotatable bonds is 8. The zero-order valence-corrected chi connectivity index (χ0v) is 24.8. The standard InChI is InChI=1S/C32H45N3O4/c1-21-17-18-22(2)25(19-21)27(28(36)34-31(3,4)5)35(24-15-12-16-24)29(37)26(20-23-13-10-9-11-14-23)33-30(38)39-32(6,7)8/h9-11,13-14,17-19,24,26-27H,12,15-16,20H2,1-8H3,(H,33,38)(H,34,36). The van der Waals surface area contributed by atoms with Gasteiger partial charge >= 0.3 is 6.09 Å². The Kier molecular flexibility index (Phi) is 9.47. The van der Waals surface area contributed by atoms with Gasteiger partial charge in [-0.2, -0.15) is 0 Å². The fourth-order valence-electron chi connectivity index (χ4n) is 4.77. The molecule has 2 aromatic carbocycles. The van der Waals surface area contributed by atoms with Crippen LogP contribution in [0.15, 0.2) is 48.5 Å². The molecule has 0 saturated heterocycles. The SMILES string of the molecule is Cc1ccc(C)c(C(C(=O)NC(C)(C)C)N(C(=O)C(Cc2ccccc2)NC(=O)OC(C)(C)C)C2CCC2)c1. The van der Waals surface area contributed by atoms with Crippen molar-refractivity contribution in [1.29, 1.82) is 0 Å². The van der Waals surface area contributed by atoms with Gasteiger partial charge < -0.3 is 20.3 Å². The maximum absolute atomic E-state index is 14.5. The molecule has 2 atom stereocenters. The molecule has 3 amide bonds. The first-order chi connectivity index (χ1) is 18.1. The van der Waals surface area contributed by atoms with Gasteiger partial charge in [0.05, 0.1) is 0 Å². The van der Waals surface area contributed by atoms with Gasteiger partial charge in [-0.3, -0.25) is 9.59 Å². The Morgan fingerprint density at radius 1 is 0.974 bits per heavy atom. The number of nitrogens with one attached hydrogen (secondary N) is 2. The van der Waals surface area contributed by atoms with Gasteiger partial charge in [-0.25, -0.2) is 4.79 Å². The third-order valence-electron chi connectivity index (χ3n) is 6.75. The van der Waals surface area contributed by atoms with E-state index >= 15 is 0 Å². The van der Waals surface area contributed by atoms with E-state index in [0.717, 1.165) is 41.5 Å². The maximum atomic E-state index is 14.5. The number of amides is 3. The molecule has 3 rings (SSSR count). The number of carbonyl (C=O) groups is 3. The third-order valence-corrected chi connectivity index (χ3v) is 6.75. The summed E-state index contributed by atoms with van der Waals surface area (Å²) in [5.74, 6) is -0.517. The number of nitrogens with zero attached hydrogens (tertiary/aromatic N) is 1. The highest BCUT2D eigenvalue weighted by Gasteiger charge is 2.43. The number of hydrogen-bond donors (Lipinski definition) is 2. The number of carbonyl (C=O) groups excluding carboxylic acids is 3. The molecule has 2 aromatic rings. The van der Waals surface area contributed by atoms with Crippen LogP contribution in [0.1, 0.15) is 89.1 Å². The Morgan fingerprint density at radius 2 is 1.62 bits per heavy atom. The Hall–Kier alpha value is -3.35. The second kappa shape index (κ2) is 12.2. The highest BCUT2D eigenvalue weighted by atomic mass is 16.6. The molecule has 7 nitrogen and oxygen atoms in total. The topological polar surface area (TPSA) is 87.7 Å². The number of ether oxygens (including phenoxy) is 1. The van der Waals surface area contributed by atoms with E-state index in [1.54, 1.807) is 25.7 Å². The zero-order valence-electron chi connectivity index (χ0n) is 24.8. The molecule has 0 aliphatic heterocycles. The van der Waals surface area contributed by atoms with Gasteiger partial charge in [0.15, 0.2) is 0 Å². The first-order valence-corrected chi connectivity index (χ1v) is 13.9. The summed E-state index contributed by atoms with van der Waals surface area (Å²) in [6.07, 6.45) is 2.22. The van der Waals surface area contributed by atoms with Gasteiger partial charge in [0.2, 0.25) is 11.8 Å². The molecule has 1 fully saturated rings. The predicted octanol–water partition coefficient (Wildman–Crippen LogP) is 5.78. The average Bonchev–Trinajstić information content (AvgIpc) is 2.77. The summed E-state index contributed by atoms with van der Waals surface area (Å²) in [5, 5.41) is 5.96. The van der Waals surface area contributed by atoms with Crippen LogP contribution in [0, 0.1) is 13.8 Å². The van der Waals surface area contributed by atoms with Crippen LogP contribution in [0.5, 0.6) is 0 Å². The lowest BCUT2D eigenvalue weighted by molar-refractivity contribution is -0.148. The maximum Gasteiger partial charge on any atom is 0.408 e. The summed E-state index contributed by atoms with van der Waals surface area (Å²) in [4.78, 5) is 43.2. The quantitative estimate of drug-likeness (QED) is 0.449. The number of alkyl carbamates (subject to hydrolysis) is 1. The van der Waals surface area contributed by atoms with Crippen molar-refractivity contribution in [1.82, 2.24) is 15.5 Å². The minimum absolute atomic E-state index is 0.105. The highest BCUT2D eigenvalue weighted by Crippen LogP contribution is 2.35. The molecular formula is C32H45N3O4. The van der Waals surface area contributed by atoms with Crippen molar-refractivity contribution in [3.05, 3.63) is 70.8 Å². The number of benzene rings is 2. The lowest BCUT2D eigenvalue weighted by Crippen LogP contribution is -2.59. The summed E-state index contributed by atoms with van der Waals surface area (Å²) in [6.45, 7) is 15.1. The molecule has 0 spiro atoms. The number of hydrogen-bond acceptors (Lipinski definition) is 4. The van der Waals surface area contributed by atoms with Crippen molar-refractivity contribution in [3.8, 4) is 0 Å². The van der Waals surface area contributed by atoms with Crippen LogP contribution in [0.3, 0.4) is 0 Å². The van der Waals surface area contributed by atoms with Crippen LogP contribution in [-0.4, -0.2) is 46.0 Å². The number of aryl methyl sites for hydroxylation is 2. The van der Waals surface area contributed by atoms with E-state index in [1.165, 1.54) is 0 Å². The fourth-order valence-corrected chi connectivity index (χ4v) is 4.77. The second-order valence-corrected chi connectivity index (χ2v) is 12.7. The normalized spacial score (nSPS) is 15.5. The molecule has 1 aliphatic rings. The van der Waals surface area contributed by atoms with Crippen LogP contribution >= 0.6 is 0 Å². The smallest absolute Gasteiger partial charge is 0.408 e. The summed E-state index contributed by atoms with van der Waals surface area (Å²) < 4.78 is 5.53. The van der Waals surface area contributed by atoms with Gasteiger partial charge in [0.25, 0.3) is 0 Å². The zero-order chi connectivity index (χ0) is 29.0. The van der Waals surface area contributed by atoms with Crippen molar-refractivity contribution in [2.75, 3.05) is 0 Å². The highest BCUT2D eigenvalue weighted by molar-refractivity contribution is 5.93. The Bertz CT molecular complexity index is 1160. The lowest BCUT2D eigenvalue weighted by atomic mass is 9.86. The van der Waals surface area contributed by atoms with Crippen LogP contribution in [-0.2, 0) is 20.7 Å². The Balaban J connectivity index is 2.09. The summed E-state index contributed by atoms with van der Waals surface area (Å²) in [7, 11) is 0. The molecule has 2 N–H and O–H groups in total. The van der Waals surface area contributed by atoms with Gasteiger partial charge in [-0.05, 0) is 91.3 Å². The van der Waals surface area contributed by atoms with Gasteiger partial charge in [-0.15, -0.1) is 0 Å². The summed E-state index contributed by atoms with van der Waals surface area (Å²) >= 11 is 0. The van der Waals surface area contributed by atoms with Crippen molar-refractivity contribution in [2.45, 2.75) is 110 Å². The lowest BCUT2D eigenvalue weighted by Gasteiger charge is -2.44. The average molecular weight is 536 g/mol. The molecule has 1 saturated carbocycles. The first-order valence-electron chi connectivity index (χ1n) is 13.9. The van der Waals surface area contributed by atoms with Gasteiger partial charge in [0.1, 0.15) is 17.7 Å². The van der Waals surface area contributed by atoms with Crippen molar-refractivity contribution in [2.24, 2.45) is 0 Å². The largest absolute Gasteiger partial charge is 0.444 e. The van der Waals surface area contributed by atoms with Crippen LogP contribution in [0.4, 0.5) is 4.79 Å². The summed E-state index contributed by atoms with van der Waals surface area (Å²) in [5.41, 5.74) is 2.45. The molecule has 212 valence electrons. The molecule has 39 heavy (non-hydrogen) atoms. The van der Waals surface area contributed by atoms with Crippen LogP contribution in [0.25, 0.3) is 0 Å².